The van der Waals surface area contributed by atoms with Gasteiger partial charge in [0.05, 0.1) is 18.6 Å². The van der Waals surface area contributed by atoms with E-state index in [1.165, 1.54) is 0 Å². The molecule has 10 nitrogen and oxygen atoms in total. The fourth-order valence-corrected chi connectivity index (χ4v) is 4.78. The summed E-state index contributed by atoms with van der Waals surface area (Å²) in [7, 11) is 0. The largest absolute Gasteiger partial charge is 0.480 e. The van der Waals surface area contributed by atoms with E-state index in [1.54, 1.807) is 30.3 Å². The van der Waals surface area contributed by atoms with Gasteiger partial charge in [0.15, 0.2) is 0 Å². The zero-order valence-electron chi connectivity index (χ0n) is 25.0. The van der Waals surface area contributed by atoms with Crippen LogP contribution in [0.15, 0.2) is 60.7 Å². The van der Waals surface area contributed by atoms with Crippen molar-refractivity contribution in [1.82, 2.24) is 10.2 Å². The van der Waals surface area contributed by atoms with E-state index in [4.69, 9.17) is 11.5 Å². The summed E-state index contributed by atoms with van der Waals surface area (Å²) >= 11 is 0. The third kappa shape index (κ3) is 11.0. The highest BCUT2D eigenvalue weighted by molar-refractivity contribution is 6.03. The lowest BCUT2D eigenvalue weighted by Gasteiger charge is -2.34. The first-order valence-corrected chi connectivity index (χ1v) is 14.5. The summed E-state index contributed by atoms with van der Waals surface area (Å²) in [6, 6.07) is 13.6. The predicted molar refractivity (Wildman–Crippen MR) is 161 cm³/mol. The molecule has 2 aromatic carbocycles. The number of nitrogens with two attached hydrogens (primary N) is 2. The van der Waals surface area contributed by atoms with Gasteiger partial charge in [0.1, 0.15) is 12.1 Å². The molecule has 230 valence electrons. The van der Waals surface area contributed by atoms with Crippen molar-refractivity contribution in [3.63, 3.8) is 0 Å². The normalized spacial score (nSPS) is 15.0. The van der Waals surface area contributed by atoms with Gasteiger partial charge in [-0.1, -0.05) is 88.4 Å². The molecule has 0 aliphatic heterocycles. The minimum atomic E-state index is -1.33. The van der Waals surface area contributed by atoms with Crippen LogP contribution in [0, 0.1) is 11.8 Å². The van der Waals surface area contributed by atoms with Crippen LogP contribution in [0.1, 0.15) is 58.1 Å². The van der Waals surface area contributed by atoms with Gasteiger partial charge in [0.2, 0.25) is 17.7 Å². The third-order valence-corrected chi connectivity index (χ3v) is 6.95. The molecule has 0 heterocycles. The standard InChI is InChI=1S/C32H46N4O6/c1-20(2)15-25(34)31(40)36(29(38)19-28(37)24(33)17-22-11-7-5-8-12-22)27(16-21(3)4)30(39)35-26(32(41)42)18-23-13-9-6-10-14-23/h5-14,20-21,24-28,37H,15-19,33-34H2,1-4H3,(H,35,39)(H,41,42)/t24-,25-,26-,27-,28-/m0/s1. The number of hydrogen-bond donors (Lipinski definition) is 5. The maximum Gasteiger partial charge on any atom is 0.326 e. The molecule has 5 atom stereocenters. The van der Waals surface area contributed by atoms with Crippen molar-refractivity contribution in [3.8, 4) is 0 Å². The van der Waals surface area contributed by atoms with Crippen LogP contribution in [0.25, 0.3) is 0 Å². The van der Waals surface area contributed by atoms with Crippen molar-refractivity contribution in [1.29, 1.82) is 0 Å². The van der Waals surface area contributed by atoms with Gasteiger partial charge >= 0.3 is 5.97 Å². The molecule has 2 aromatic rings. The number of carbonyl (C=O) groups excluding carboxylic acids is 3. The molecule has 0 aliphatic rings. The highest BCUT2D eigenvalue weighted by Gasteiger charge is 2.39. The molecule has 0 fully saturated rings. The molecular weight excluding hydrogens is 536 g/mol. The maximum atomic E-state index is 13.7. The number of carboxylic acid groups (broad SMARTS) is 1. The second-order valence-electron chi connectivity index (χ2n) is 11.7. The Kier molecular flexibility index (Phi) is 13.8. The van der Waals surface area contributed by atoms with Crippen LogP contribution < -0.4 is 16.8 Å². The first-order valence-electron chi connectivity index (χ1n) is 14.5. The molecular formula is C32H46N4O6. The molecule has 0 aliphatic carbocycles. The lowest BCUT2D eigenvalue weighted by Crippen LogP contribution is -2.59. The van der Waals surface area contributed by atoms with Gasteiger partial charge in [-0.15, -0.1) is 0 Å². The number of aliphatic hydroxyl groups is 1. The molecule has 0 saturated carbocycles. The summed E-state index contributed by atoms with van der Waals surface area (Å²) in [4.78, 5) is 54.0. The van der Waals surface area contributed by atoms with Crippen LogP contribution in [0.2, 0.25) is 0 Å². The van der Waals surface area contributed by atoms with Gasteiger partial charge in [-0.25, -0.2) is 4.79 Å². The molecule has 0 unspecified atom stereocenters. The third-order valence-electron chi connectivity index (χ3n) is 6.95. The summed E-state index contributed by atoms with van der Waals surface area (Å²) < 4.78 is 0. The number of carboxylic acids is 1. The fraction of sp³-hybridized carbons (Fsp3) is 0.500. The van der Waals surface area contributed by atoms with Crippen molar-refractivity contribution in [3.05, 3.63) is 71.8 Å². The predicted octanol–water partition coefficient (Wildman–Crippen LogP) is 2.26. The topological polar surface area (TPSA) is 176 Å². The number of amides is 3. The van der Waals surface area contributed by atoms with Crippen molar-refractivity contribution < 1.29 is 29.4 Å². The summed E-state index contributed by atoms with van der Waals surface area (Å²) in [5, 5.41) is 23.3. The van der Waals surface area contributed by atoms with E-state index < -0.39 is 60.4 Å². The first kappa shape index (κ1) is 34.6. The molecule has 0 radical (unpaired) electrons. The highest BCUT2D eigenvalue weighted by atomic mass is 16.4. The van der Waals surface area contributed by atoms with Gasteiger partial charge in [-0.05, 0) is 42.2 Å². The second-order valence-corrected chi connectivity index (χ2v) is 11.7. The zero-order chi connectivity index (χ0) is 31.4. The molecule has 0 spiro atoms. The Labute approximate surface area is 248 Å². The van der Waals surface area contributed by atoms with Crippen molar-refractivity contribution in [2.45, 2.75) is 90.1 Å². The number of carbonyl (C=O) groups is 4. The average molecular weight is 583 g/mol. The number of nitrogens with zero attached hydrogens (tertiary/aromatic N) is 1. The van der Waals surface area contributed by atoms with Gasteiger partial charge in [0.25, 0.3) is 0 Å². The SMILES string of the molecule is CC(C)C[C@H](N)C(=O)N(C(=O)C[C@H](O)[C@@H](N)Cc1ccccc1)[C@@H](CC(C)C)C(=O)N[C@@H](Cc1ccccc1)C(=O)O. The quantitative estimate of drug-likeness (QED) is 0.200. The van der Waals surface area contributed by atoms with Crippen molar-refractivity contribution in [2.24, 2.45) is 23.3 Å². The Morgan fingerprint density at radius 1 is 0.810 bits per heavy atom. The van der Waals surface area contributed by atoms with Gasteiger partial charge in [-0.2, -0.15) is 0 Å². The minimum absolute atomic E-state index is 0.0120. The Bertz CT molecular complexity index is 1160. The van der Waals surface area contributed by atoms with E-state index in [-0.39, 0.29) is 31.1 Å². The summed E-state index contributed by atoms with van der Waals surface area (Å²) in [5.41, 5.74) is 14.0. The monoisotopic (exact) mass is 582 g/mol. The number of benzene rings is 2. The minimum Gasteiger partial charge on any atom is -0.480 e. The molecule has 0 aromatic heterocycles. The zero-order valence-corrected chi connectivity index (χ0v) is 25.0. The van der Waals surface area contributed by atoms with Crippen molar-refractivity contribution >= 4 is 23.7 Å². The lowest BCUT2D eigenvalue weighted by atomic mass is 9.96. The van der Waals surface area contributed by atoms with Crippen LogP contribution in [-0.2, 0) is 32.0 Å². The average Bonchev–Trinajstić information content (AvgIpc) is 2.92. The molecule has 10 heteroatoms. The van der Waals surface area contributed by atoms with E-state index >= 15 is 0 Å². The first-order chi connectivity index (χ1) is 19.8. The molecule has 2 rings (SSSR count). The van der Waals surface area contributed by atoms with Crippen LogP contribution >= 0.6 is 0 Å². The fourth-order valence-electron chi connectivity index (χ4n) is 4.78. The smallest absolute Gasteiger partial charge is 0.326 e. The maximum absolute atomic E-state index is 13.7. The Morgan fingerprint density at radius 3 is 1.79 bits per heavy atom. The van der Waals surface area contributed by atoms with Crippen LogP contribution in [0.4, 0.5) is 0 Å². The molecule has 3 amide bonds. The van der Waals surface area contributed by atoms with Crippen molar-refractivity contribution in [2.75, 3.05) is 0 Å². The van der Waals surface area contributed by atoms with E-state index in [2.05, 4.69) is 5.32 Å². The van der Waals surface area contributed by atoms with E-state index in [0.717, 1.165) is 10.5 Å². The summed E-state index contributed by atoms with van der Waals surface area (Å²) in [6.45, 7) is 7.41. The molecule has 42 heavy (non-hydrogen) atoms. The number of aliphatic hydroxyl groups excluding tert-OH is 1. The number of hydrogen-bond acceptors (Lipinski definition) is 7. The lowest BCUT2D eigenvalue weighted by molar-refractivity contribution is -0.155. The Morgan fingerprint density at radius 2 is 1.31 bits per heavy atom. The van der Waals surface area contributed by atoms with E-state index in [9.17, 15) is 29.4 Å². The number of nitrogens with one attached hydrogen (secondary N) is 1. The Hall–Kier alpha value is -3.60. The highest BCUT2D eigenvalue weighted by Crippen LogP contribution is 2.19. The van der Waals surface area contributed by atoms with E-state index in [0.29, 0.717) is 12.0 Å². The van der Waals surface area contributed by atoms with Crippen LogP contribution in [0.5, 0.6) is 0 Å². The van der Waals surface area contributed by atoms with Gasteiger partial charge < -0.3 is 27.0 Å². The second kappa shape index (κ2) is 16.7. The van der Waals surface area contributed by atoms with E-state index in [1.807, 2.05) is 58.0 Å². The number of rotatable bonds is 16. The number of aliphatic carboxylic acids is 1. The summed E-state index contributed by atoms with van der Waals surface area (Å²) in [5.74, 6) is -3.70. The molecule has 7 N–H and O–H groups in total. The van der Waals surface area contributed by atoms with Gasteiger partial charge in [0, 0.05) is 12.5 Å². The molecule has 0 saturated heterocycles. The van der Waals surface area contributed by atoms with Crippen LogP contribution in [-0.4, -0.2) is 69.1 Å². The Balaban J connectivity index is 2.37. The van der Waals surface area contributed by atoms with Gasteiger partial charge in [-0.3, -0.25) is 19.3 Å². The molecule has 0 bridgehead atoms. The van der Waals surface area contributed by atoms with Crippen LogP contribution in [0.3, 0.4) is 0 Å². The summed E-state index contributed by atoms with van der Waals surface area (Å²) in [6.07, 6.45) is -1.17. The number of imide groups is 1.